The second-order valence-electron chi connectivity index (χ2n) is 1.68. The summed E-state index contributed by atoms with van der Waals surface area (Å²) in [6.07, 6.45) is 3.25. The van der Waals surface area contributed by atoms with Gasteiger partial charge in [0, 0.05) is 12.2 Å². The van der Waals surface area contributed by atoms with Gasteiger partial charge in [-0.1, -0.05) is 5.11 Å². The first-order chi connectivity index (χ1) is 5.77. The Labute approximate surface area is 70.0 Å². The van der Waals surface area contributed by atoms with E-state index in [0.29, 0.717) is 0 Å². The smallest absolute Gasteiger partial charge is 0.264 e. The van der Waals surface area contributed by atoms with E-state index in [9.17, 15) is 4.79 Å². The first-order valence-electron chi connectivity index (χ1n) is 3.19. The maximum atomic E-state index is 9.86. The lowest BCUT2D eigenvalue weighted by Gasteiger charge is -1.76. The first-order valence-corrected chi connectivity index (χ1v) is 3.19. The van der Waals surface area contributed by atoms with E-state index in [-0.39, 0.29) is 5.91 Å². The van der Waals surface area contributed by atoms with Crippen LogP contribution in [-0.2, 0) is 9.63 Å². The van der Waals surface area contributed by atoms with Crippen molar-refractivity contribution in [1.82, 2.24) is 0 Å². The van der Waals surface area contributed by atoms with Crippen LogP contribution in [0.3, 0.4) is 0 Å². The van der Waals surface area contributed by atoms with Crippen molar-refractivity contribution in [2.24, 2.45) is 10.4 Å². The van der Waals surface area contributed by atoms with Crippen molar-refractivity contribution >= 4 is 5.91 Å². The molecule has 0 bridgehead atoms. The Balaban J connectivity index is 0.000000211. The number of furan rings is 1. The lowest BCUT2D eigenvalue weighted by molar-refractivity contribution is -0.116. The molecule has 0 aliphatic rings. The van der Waals surface area contributed by atoms with Gasteiger partial charge in [-0.05, 0) is 12.1 Å². The fourth-order valence-electron chi connectivity index (χ4n) is 0.325. The van der Waals surface area contributed by atoms with Crippen molar-refractivity contribution in [3.63, 3.8) is 0 Å². The van der Waals surface area contributed by atoms with E-state index in [1.807, 2.05) is 12.1 Å². The molecule has 1 rings (SSSR count). The monoisotopic (exact) mass is 170 g/mol. The molecule has 0 fully saturated rings. The fraction of sp³-hybridized carbons (Fsp3) is 0.286. The van der Waals surface area contributed by atoms with Gasteiger partial charge in [0.15, 0.2) is 0 Å². The number of amides is 1. The standard InChI is InChI=1S/C4H4O.C3H6N2O2/c1-2-4-5-3-1;1-3(6)4-5-7-2/h1-4H;1-2H3. The number of nitrogens with zero attached hydrogens (tertiary/aromatic N) is 2. The zero-order valence-electron chi connectivity index (χ0n) is 6.93. The van der Waals surface area contributed by atoms with Gasteiger partial charge in [0.2, 0.25) is 0 Å². The van der Waals surface area contributed by atoms with Gasteiger partial charge < -0.3 is 9.25 Å². The van der Waals surface area contributed by atoms with Crippen LogP contribution in [0.1, 0.15) is 6.92 Å². The maximum absolute atomic E-state index is 9.86. The summed E-state index contributed by atoms with van der Waals surface area (Å²) in [7, 11) is 1.33. The van der Waals surface area contributed by atoms with Crippen molar-refractivity contribution in [2.45, 2.75) is 6.92 Å². The molecule has 1 aromatic heterocycles. The van der Waals surface area contributed by atoms with Crippen molar-refractivity contribution in [3.8, 4) is 0 Å². The molecule has 0 aliphatic carbocycles. The minimum atomic E-state index is -0.359. The summed E-state index contributed by atoms with van der Waals surface area (Å²) in [4.78, 5) is 14.0. The lowest BCUT2D eigenvalue weighted by atomic mass is 10.7. The topological polar surface area (TPSA) is 64.2 Å². The number of hydrogen-bond acceptors (Lipinski definition) is 4. The van der Waals surface area contributed by atoms with Crippen LogP contribution in [0.2, 0.25) is 0 Å². The molecule has 66 valence electrons. The number of carbonyl (C=O) groups is 1. The molecular weight excluding hydrogens is 160 g/mol. The molecule has 0 saturated carbocycles. The predicted octanol–water partition coefficient (Wildman–Crippen LogP) is 1.83. The third-order valence-corrected chi connectivity index (χ3v) is 0.689. The van der Waals surface area contributed by atoms with Gasteiger partial charge in [-0.15, -0.1) is 0 Å². The summed E-state index contributed by atoms with van der Waals surface area (Å²) in [5.74, 6) is -0.359. The molecule has 0 saturated heterocycles. The second kappa shape index (κ2) is 7.46. The Morgan fingerprint density at radius 1 is 1.42 bits per heavy atom. The molecule has 1 heterocycles. The predicted molar refractivity (Wildman–Crippen MR) is 41.3 cm³/mol. The van der Waals surface area contributed by atoms with Crippen LogP contribution < -0.4 is 0 Å². The van der Waals surface area contributed by atoms with E-state index < -0.39 is 0 Å². The summed E-state index contributed by atoms with van der Waals surface area (Å²) < 4.78 is 4.58. The molecule has 1 aromatic rings. The van der Waals surface area contributed by atoms with E-state index in [1.165, 1.54) is 14.0 Å². The SMILES string of the molecule is CON=NC(C)=O.c1ccoc1. The highest BCUT2D eigenvalue weighted by molar-refractivity contribution is 5.72. The van der Waals surface area contributed by atoms with Crippen LogP contribution in [0.25, 0.3) is 0 Å². The van der Waals surface area contributed by atoms with Crippen LogP contribution >= 0.6 is 0 Å². The molecule has 0 unspecified atom stereocenters. The molecule has 5 nitrogen and oxygen atoms in total. The van der Waals surface area contributed by atoms with Gasteiger partial charge in [-0.3, -0.25) is 4.79 Å². The van der Waals surface area contributed by atoms with E-state index in [0.717, 1.165) is 0 Å². The molecule has 0 N–H and O–H groups in total. The molecule has 0 radical (unpaired) electrons. The van der Waals surface area contributed by atoms with E-state index in [1.54, 1.807) is 12.5 Å². The average molecular weight is 170 g/mol. The minimum Gasteiger partial charge on any atom is -0.473 e. The molecule has 0 atom stereocenters. The largest absolute Gasteiger partial charge is 0.473 e. The van der Waals surface area contributed by atoms with Crippen molar-refractivity contribution < 1.29 is 14.0 Å². The van der Waals surface area contributed by atoms with E-state index >= 15 is 0 Å². The van der Waals surface area contributed by atoms with Gasteiger partial charge >= 0.3 is 0 Å². The molecule has 0 aromatic carbocycles. The van der Waals surface area contributed by atoms with Crippen LogP contribution in [0.15, 0.2) is 39.5 Å². The maximum Gasteiger partial charge on any atom is 0.264 e. The normalized spacial score (nSPS) is 8.83. The van der Waals surface area contributed by atoms with Crippen LogP contribution in [0.5, 0.6) is 0 Å². The van der Waals surface area contributed by atoms with Gasteiger partial charge in [0.25, 0.3) is 5.91 Å². The highest BCUT2D eigenvalue weighted by atomic mass is 16.6. The lowest BCUT2D eigenvalue weighted by Crippen LogP contribution is -1.78. The van der Waals surface area contributed by atoms with Gasteiger partial charge in [0.1, 0.15) is 7.11 Å². The molecule has 0 aliphatic heterocycles. The Morgan fingerprint density at radius 3 is 2.17 bits per heavy atom. The molecule has 1 amide bonds. The average Bonchev–Trinajstić information content (AvgIpc) is 2.57. The molecule has 0 spiro atoms. The molecule has 5 heteroatoms. The van der Waals surface area contributed by atoms with Crippen molar-refractivity contribution in [2.75, 3.05) is 7.11 Å². The van der Waals surface area contributed by atoms with Gasteiger partial charge in [-0.2, -0.15) is 0 Å². The van der Waals surface area contributed by atoms with Crippen molar-refractivity contribution in [1.29, 1.82) is 0 Å². The second-order valence-corrected chi connectivity index (χ2v) is 1.68. The summed E-state index contributed by atoms with van der Waals surface area (Å²) in [5.41, 5.74) is 0. The number of hydrogen-bond donors (Lipinski definition) is 0. The zero-order valence-corrected chi connectivity index (χ0v) is 6.93. The molecular formula is C7H10N2O3. The van der Waals surface area contributed by atoms with Crippen molar-refractivity contribution in [3.05, 3.63) is 24.7 Å². The summed E-state index contributed by atoms with van der Waals surface area (Å²) in [6.45, 7) is 1.29. The van der Waals surface area contributed by atoms with E-state index in [2.05, 4.69) is 19.6 Å². The van der Waals surface area contributed by atoms with Crippen LogP contribution in [0, 0.1) is 0 Å². The summed E-state index contributed by atoms with van der Waals surface area (Å²) in [6, 6.07) is 3.67. The number of carbonyl (C=O) groups excluding carboxylic acids is 1. The highest BCUT2D eigenvalue weighted by Crippen LogP contribution is 1.79. The Bertz CT molecular complexity index is 201. The van der Waals surface area contributed by atoms with E-state index in [4.69, 9.17) is 0 Å². The number of rotatable bonds is 1. The molecule has 12 heavy (non-hydrogen) atoms. The Kier molecular flexibility index (Phi) is 6.43. The minimum absolute atomic E-state index is 0.359. The fourth-order valence-corrected chi connectivity index (χ4v) is 0.325. The third kappa shape index (κ3) is 8.35. The van der Waals surface area contributed by atoms with Crippen LogP contribution in [-0.4, -0.2) is 13.0 Å². The quantitative estimate of drug-likeness (QED) is 0.477. The summed E-state index contributed by atoms with van der Waals surface area (Å²) in [5, 5.41) is 5.95. The Hall–Kier alpha value is -1.65. The van der Waals surface area contributed by atoms with Crippen LogP contribution in [0.4, 0.5) is 0 Å². The zero-order chi connectivity index (χ0) is 9.23. The summed E-state index contributed by atoms with van der Waals surface area (Å²) >= 11 is 0. The Morgan fingerprint density at radius 2 is 2.00 bits per heavy atom. The van der Waals surface area contributed by atoms with Gasteiger partial charge in [-0.25, -0.2) is 0 Å². The van der Waals surface area contributed by atoms with Gasteiger partial charge in [0.05, 0.1) is 12.5 Å². The highest BCUT2D eigenvalue weighted by Gasteiger charge is 1.79. The third-order valence-electron chi connectivity index (χ3n) is 0.689. The first kappa shape index (κ1) is 10.3.